The molecule has 0 aromatic carbocycles. The van der Waals surface area contributed by atoms with Crippen molar-refractivity contribution < 1.29 is 0 Å². The zero-order valence-electron chi connectivity index (χ0n) is 20.0. The molecule has 160 valence electrons. The maximum Gasteiger partial charge on any atom is -0.0185 e. The monoisotopic (exact) mass is 376 g/mol. The fraction of sp³-hybridized carbons (Fsp3) is 0.926. The third-order valence-electron chi connectivity index (χ3n) is 8.53. The molecule has 1 aliphatic carbocycles. The highest BCUT2D eigenvalue weighted by atomic mass is 14.4. The van der Waals surface area contributed by atoms with E-state index in [4.69, 9.17) is 0 Å². The van der Waals surface area contributed by atoms with Crippen LogP contribution in [0.1, 0.15) is 119 Å². The molecule has 0 aromatic rings. The van der Waals surface area contributed by atoms with Crippen LogP contribution in [0.25, 0.3) is 0 Å². The van der Waals surface area contributed by atoms with Crippen molar-refractivity contribution >= 4 is 0 Å². The fourth-order valence-electron chi connectivity index (χ4n) is 6.15. The van der Waals surface area contributed by atoms with Crippen molar-refractivity contribution in [2.45, 2.75) is 119 Å². The largest absolute Gasteiger partial charge is 0.103 e. The Hall–Kier alpha value is -0.260. The summed E-state index contributed by atoms with van der Waals surface area (Å²) < 4.78 is 0. The Morgan fingerprint density at radius 1 is 1.00 bits per heavy atom. The third-order valence-corrected chi connectivity index (χ3v) is 8.53. The topological polar surface area (TPSA) is 0 Å². The lowest BCUT2D eigenvalue weighted by atomic mass is 9.60. The van der Waals surface area contributed by atoms with Crippen LogP contribution in [0.15, 0.2) is 12.7 Å². The summed E-state index contributed by atoms with van der Waals surface area (Å²) in [5, 5.41) is 0. The highest BCUT2D eigenvalue weighted by Gasteiger charge is 2.40. The van der Waals surface area contributed by atoms with Gasteiger partial charge in [0.05, 0.1) is 0 Å². The van der Waals surface area contributed by atoms with Gasteiger partial charge in [-0.25, -0.2) is 0 Å². The van der Waals surface area contributed by atoms with Crippen molar-refractivity contribution in [3.63, 3.8) is 0 Å². The number of allylic oxidation sites excluding steroid dienone is 1. The molecule has 0 spiro atoms. The Balaban J connectivity index is 3.27. The second-order valence-corrected chi connectivity index (χ2v) is 10.4. The van der Waals surface area contributed by atoms with Crippen molar-refractivity contribution in [1.29, 1.82) is 0 Å². The maximum atomic E-state index is 4.23. The van der Waals surface area contributed by atoms with Gasteiger partial charge < -0.3 is 0 Å². The molecule has 6 unspecified atom stereocenters. The van der Waals surface area contributed by atoms with E-state index in [0.29, 0.717) is 11.3 Å². The van der Waals surface area contributed by atoms with Gasteiger partial charge in [-0.05, 0) is 60.2 Å². The lowest BCUT2D eigenvalue weighted by Gasteiger charge is -2.45. The second kappa shape index (κ2) is 12.3. The SMILES string of the molecule is C=CC(CC)C(C)(CC)CC1C(CCC)CCCCCCC1C(C)C(C)C. The zero-order chi connectivity index (χ0) is 20.4. The zero-order valence-corrected chi connectivity index (χ0v) is 20.0. The first-order valence-electron chi connectivity index (χ1n) is 12.5. The minimum atomic E-state index is 0.413. The standard InChI is InChI=1S/C27H52/c1-9-17-23-18-15-13-14-16-19-25(22(7)21(5)6)26(23)20-27(8,12-4)24(10-2)11-3/h10,21-26H,2,9,11-20H2,1,3-8H3. The van der Waals surface area contributed by atoms with Crippen molar-refractivity contribution in [2.24, 2.45) is 40.9 Å². The van der Waals surface area contributed by atoms with E-state index in [1.807, 2.05) is 0 Å². The molecule has 0 bridgehead atoms. The van der Waals surface area contributed by atoms with Crippen LogP contribution in [0.3, 0.4) is 0 Å². The lowest BCUT2D eigenvalue weighted by molar-refractivity contribution is 0.0505. The van der Waals surface area contributed by atoms with E-state index in [0.717, 1.165) is 29.6 Å². The van der Waals surface area contributed by atoms with E-state index in [-0.39, 0.29) is 0 Å². The van der Waals surface area contributed by atoms with E-state index in [2.05, 4.69) is 61.1 Å². The number of rotatable bonds is 10. The molecule has 1 rings (SSSR count). The normalized spacial score (nSPS) is 29.3. The first-order valence-corrected chi connectivity index (χ1v) is 12.5. The molecular weight excluding hydrogens is 324 g/mol. The van der Waals surface area contributed by atoms with Crippen LogP contribution in [0.4, 0.5) is 0 Å². The van der Waals surface area contributed by atoms with Gasteiger partial charge in [-0.1, -0.05) is 106 Å². The van der Waals surface area contributed by atoms with Gasteiger partial charge in [0.15, 0.2) is 0 Å². The van der Waals surface area contributed by atoms with E-state index < -0.39 is 0 Å². The van der Waals surface area contributed by atoms with Gasteiger partial charge in [-0.15, -0.1) is 6.58 Å². The first-order chi connectivity index (χ1) is 12.8. The van der Waals surface area contributed by atoms with Gasteiger partial charge >= 0.3 is 0 Å². The Morgan fingerprint density at radius 2 is 1.63 bits per heavy atom. The van der Waals surface area contributed by atoms with Crippen LogP contribution in [-0.4, -0.2) is 0 Å². The molecule has 1 fully saturated rings. The van der Waals surface area contributed by atoms with Gasteiger partial charge in [0.1, 0.15) is 0 Å². The van der Waals surface area contributed by atoms with E-state index in [1.54, 1.807) is 0 Å². The van der Waals surface area contributed by atoms with Crippen LogP contribution >= 0.6 is 0 Å². The van der Waals surface area contributed by atoms with Crippen LogP contribution in [0.2, 0.25) is 0 Å². The molecule has 0 aliphatic heterocycles. The lowest BCUT2D eigenvalue weighted by Crippen LogP contribution is -2.37. The third kappa shape index (κ3) is 6.93. The summed E-state index contributed by atoms with van der Waals surface area (Å²) in [5.74, 6) is 5.05. The minimum Gasteiger partial charge on any atom is -0.103 e. The summed E-state index contributed by atoms with van der Waals surface area (Å²) in [6.45, 7) is 21.5. The molecule has 0 nitrogen and oxygen atoms in total. The van der Waals surface area contributed by atoms with Crippen molar-refractivity contribution in [3.05, 3.63) is 12.7 Å². The van der Waals surface area contributed by atoms with Crippen LogP contribution in [0.5, 0.6) is 0 Å². The van der Waals surface area contributed by atoms with Crippen molar-refractivity contribution in [2.75, 3.05) is 0 Å². The Kier molecular flexibility index (Phi) is 11.3. The molecule has 0 heterocycles. The molecule has 0 heteroatoms. The molecule has 0 saturated heterocycles. The van der Waals surface area contributed by atoms with E-state index >= 15 is 0 Å². The summed E-state index contributed by atoms with van der Waals surface area (Å²) in [6, 6.07) is 0. The highest BCUT2D eigenvalue weighted by Crippen LogP contribution is 2.49. The van der Waals surface area contributed by atoms with Crippen LogP contribution in [0, 0.1) is 40.9 Å². The van der Waals surface area contributed by atoms with Crippen LogP contribution in [-0.2, 0) is 0 Å². The molecule has 0 radical (unpaired) electrons. The predicted molar refractivity (Wildman–Crippen MR) is 124 cm³/mol. The number of hydrogen-bond donors (Lipinski definition) is 0. The summed E-state index contributed by atoms with van der Waals surface area (Å²) in [6.07, 6.45) is 17.8. The first kappa shape index (κ1) is 24.8. The average Bonchev–Trinajstić information content (AvgIpc) is 2.74. The van der Waals surface area contributed by atoms with Gasteiger partial charge in [0, 0.05) is 0 Å². The van der Waals surface area contributed by atoms with Crippen molar-refractivity contribution in [3.8, 4) is 0 Å². The van der Waals surface area contributed by atoms with Gasteiger partial charge in [-0.2, -0.15) is 0 Å². The maximum absolute atomic E-state index is 4.23. The molecule has 27 heavy (non-hydrogen) atoms. The predicted octanol–water partition coefficient (Wildman–Crippen LogP) is 9.30. The van der Waals surface area contributed by atoms with Crippen molar-refractivity contribution in [1.82, 2.24) is 0 Å². The summed E-state index contributed by atoms with van der Waals surface area (Å²) in [4.78, 5) is 0. The van der Waals surface area contributed by atoms with E-state index in [1.165, 1.54) is 70.6 Å². The molecule has 6 atom stereocenters. The highest BCUT2D eigenvalue weighted by molar-refractivity contribution is 4.95. The summed E-state index contributed by atoms with van der Waals surface area (Å²) in [5.41, 5.74) is 0.413. The van der Waals surface area contributed by atoms with Crippen LogP contribution < -0.4 is 0 Å². The van der Waals surface area contributed by atoms with E-state index in [9.17, 15) is 0 Å². The molecule has 0 N–H and O–H groups in total. The minimum absolute atomic E-state index is 0.413. The summed E-state index contributed by atoms with van der Waals surface area (Å²) in [7, 11) is 0. The van der Waals surface area contributed by atoms with Gasteiger partial charge in [-0.3, -0.25) is 0 Å². The fourth-order valence-corrected chi connectivity index (χ4v) is 6.15. The molecule has 1 aliphatic rings. The quantitative estimate of drug-likeness (QED) is 0.333. The average molecular weight is 377 g/mol. The summed E-state index contributed by atoms with van der Waals surface area (Å²) >= 11 is 0. The Bertz CT molecular complexity index is 395. The number of hydrogen-bond acceptors (Lipinski definition) is 0. The smallest absolute Gasteiger partial charge is 0.0185 e. The second-order valence-electron chi connectivity index (χ2n) is 10.4. The molecule has 0 amide bonds. The molecular formula is C27H52. The van der Waals surface area contributed by atoms with Gasteiger partial charge in [0.25, 0.3) is 0 Å². The molecule has 1 saturated carbocycles. The van der Waals surface area contributed by atoms with Gasteiger partial charge in [0.2, 0.25) is 0 Å². The molecule has 0 aromatic heterocycles. The Morgan fingerprint density at radius 3 is 2.11 bits per heavy atom. The Labute approximate surface area is 173 Å².